The van der Waals surface area contributed by atoms with Crippen LogP contribution in [0.4, 0.5) is 11.9 Å². The first kappa shape index (κ1) is 11.3. The van der Waals surface area contributed by atoms with Crippen LogP contribution in [0.2, 0.25) is 5.28 Å². The lowest BCUT2D eigenvalue weighted by atomic mass is 10.1. The lowest BCUT2D eigenvalue weighted by Gasteiger charge is -2.44. The van der Waals surface area contributed by atoms with Crippen LogP contribution < -0.4 is 10.2 Å². The van der Waals surface area contributed by atoms with E-state index < -0.39 is 0 Å². The molecule has 0 spiro atoms. The van der Waals surface area contributed by atoms with Crippen molar-refractivity contribution in [2.75, 3.05) is 37.9 Å². The molecular weight excluding hydrogens is 228 g/mol. The average Bonchev–Trinajstić information content (AvgIpc) is 2.13. The number of hydrogen-bond donors (Lipinski definition) is 1. The number of anilines is 2. The molecule has 1 atom stereocenters. The second-order valence-electron chi connectivity index (χ2n) is 3.90. The number of rotatable bonds is 3. The van der Waals surface area contributed by atoms with Gasteiger partial charge in [-0.15, -0.1) is 0 Å². The Kier molecular flexibility index (Phi) is 3.11. The number of aromatic nitrogens is 3. The second kappa shape index (κ2) is 4.39. The Bertz CT molecular complexity index is 382. The van der Waals surface area contributed by atoms with E-state index in [2.05, 4.69) is 30.1 Å². The summed E-state index contributed by atoms with van der Waals surface area (Å²) in [4.78, 5) is 16.6. The molecule has 1 aromatic rings. The maximum Gasteiger partial charge on any atom is 0.232 e. The zero-order valence-corrected chi connectivity index (χ0v) is 10.4. The molecule has 1 saturated heterocycles. The van der Waals surface area contributed by atoms with Crippen molar-refractivity contribution in [1.82, 2.24) is 19.9 Å². The summed E-state index contributed by atoms with van der Waals surface area (Å²) in [5.74, 6) is 1.13. The summed E-state index contributed by atoms with van der Waals surface area (Å²) in [5.41, 5.74) is 0. The SMILES string of the molecule is CNc1nc(Cl)nc(N2CCC2N(C)C)n1. The van der Waals surface area contributed by atoms with E-state index in [1.807, 2.05) is 14.1 Å². The van der Waals surface area contributed by atoms with Crippen LogP contribution in [0.3, 0.4) is 0 Å². The zero-order valence-electron chi connectivity index (χ0n) is 9.61. The van der Waals surface area contributed by atoms with Crippen molar-refractivity contribution in [2.24, 2.45) is 0 Å². The molecule has 1 fully saturated rings. The summed E-state index contributed by atoms with van der Waals surface area (Å²) < 4.78 is 0. The number of nitrogens with zero attached hydrogens (tertiary/aromatic N) is 5. The Morgan fingerprint density at radius 1 is 1.38 bits per heavy atom. The predicted molar refractivity (Wildman–Crippen MR) is 63.8 cm³/mol. The fourth-order valence-electron chi connectivity index (χ4n) is 1.72. The van der Waals surface area contributed by atoms with Crippen molar-refractivity contribution in [3.8, 4) is 0 Å². The molecule has 1 aromatic heterocycles. The lowest BCUT2D eigenvalue weighted by Crippen LogP contribution is -2.56. The minimum absolute atomic E-state index is 0.221. The fraction of sp³-hybridized carbons (Fsp3) is 0.667. The van der Waals surface area contributed by atoms with Crippen LogP contribution in [0.25, 0.3) is 0 Å². The Morgan fingerprint density at radius 3 is 2.62 bits per heavy atom. The van der Waals surface area contributed by atoms with Gasteiger partial charge < -0.3 is 10.2 Å². The van der Waals surface area contributed by atoms with E-state index >= 15 is 0 Å². The topological polar surface area (TPSA) is 57.2 Å². The van der Waals surface area contributed by atoms with Crippen molar-refractivity contribution >= 4 is 23.5 Å². The van der Waals surface area contributed by atoms with Crippen LogP contribution in [-0.2, 0) is 0 Å². The molecule has 0 bridgehead atoms. The summed E-state index contributed by atoms with van der Waals surface area (Å²) >= 11 is 5.84. The minimum atomic E-state index is 0.221. The summed E-state index contributed by atoms with van der Waals surface area (Å²) in [7, 11) is 5.84. The van der Waals surface area contributed by atoms with Crippen LogP contribution in [0.1, 0.15) is 6.42 Å². The zero-order chi connectivity index (χ0) is 11.7. The summed E-state index contributed by atoms with van der Waals surface area (Å²) in [6.07, 6.45) is 1.47. The Balaban J connectivity index is 2.23. The first-order valence-corrected chi connectivity index (χ1v) is 5.52. The van der Waals surface area contributed by atoms with Crippen molar-refractivity contribution in [2.45, 2.75) is 12.6 Å². The maximum absolute atomic E-state index is 5.84. The highest BCUT2D eigenvalue weighted by molar-refractivity contribution is 6.28. The van der Waals surface area contributed by atoms with Gasteiger partial charge in [0.2, 0.25) is 17.2 Å². The van der Waals surface area contributed by atoms with E-state index in [1.54, 1.807) is 7.05 Å². The van der Waals surface area contributed by atoms with Crippen LogP contribution in [0.15, 0.2) is 0 Å². The molecule has 1 N–H and O–H groups in total. The van der Waals surface area contributed by atoms with Crippen LogP contribution in [-0.4, -0.2) is 53.7 Å². The molecule has 2 heterocycles. The molecule has 2 rings (SSSR count). The van der Waals surface area contributed by atoms with E-state index in [0.717, 1.165) is 13.0 Å². The smallest absolute Gasteiger partial charge is 0.232 e. The van der Waals surface area contributed by atoms with Crippen molar-refractivity contribution < 1.29 is 0 Å². The van der Waals surface area contributed by atoms with Gasteiger partial charge in [-0.3, -0.25) is 4.90 Å². The molecule has 0 amide bonds. The Labute approximate surface area is 99.6 Å². The first-order chi connectivity index (χ1) is 7.61. The fourth-order valence-corrected chi connectivity index (χ4v) is 1.88. The third-order valence-electron chi connectivity index (χ3n) is 2.66. The first-order valence-electron chi connectivity index (χ1n) is 5.14. The largest absolute Gasteiger partial charge is 0.357 e. The van der Waals surface area contributed by atoms with E-state index in [0.29, 0.717) is 18.1 Å². The van der Waals surface area contributed by atoms with E-state index in [1.165, 1.54) is 0 Å². The molecule has 88 valence electrons. The summed E-state index contributed by atoms with van der Waals surface area (Å²) in [5, 5.41) is 3.09. The minimum Gasteiger partial charge on any atom is -0.357 e. The molecule has 6 nitrogen and oxygen atoms in total. The molecule has 16 heavy (non-hydrogen) atoms. The van der Waals surface area contributed by atoms with E-state index in [-0.39, 0.29) is 5.28 Å². The van der Waals surface area contributed by atoms with Crippen LogP contribution in [0, 0.1) is 0 Å². The standard InChI is InChI=1S/C9H15ClN6/c1-11-8-12-7(10)13-9(14-8)16-5-4-6(16)15(2)3/h6H,4-5H2,1-3H3,(H,11,12,13,14). The van der Waals surface area contributed by atoms with Gasteiger partial charge in [0.05, 0.1) is 6.17 Å². The van der Waals surface area contributed by atoms with Gasteiger partial charge in [-0.05, 0) is 32.1 Å². The molecule has 0 aromatic carbocycles. The van der Waals surface area contributed by atoms with Gasteiger partial charge in [-0.2, -0.15) is 15.0 Å². The number of nitrogens with one attached hydrogen (secondary N) is 1. The molecule has 1 aliphatic heterocycles. The third-order valence-corrected chi connectivity index (χ3v) is 2.83. The highest BCUT2D eigenvalue weighted by Crippen LogP contribution is 2.25. The van der Waals surface area contributed by atoms with Gasteiger partial charge in [0.25, 0.3) is 0 Å². The van der Waals surface area contributed by atoms with Gasteiger partial charge in [0.15, 0.2) is 0 Å². The third kappa shape index (κ3) is 2.03. The molecular formula is C9H15ClN6. The quantitative estimate of drug-likeness (QED) is 0.841. The second-order valence-corrected chi connectivity index (χ2v) is 4.24. The van der Waals surface area contributed by atoms with Gasteiger partial charge >= 0.3 is 0 Å². The van der Waals surface area contributed by atoms with Crippen LogP contribution in [0.5, 0.6) is 0 Å². The lowest BCUT2D eigenvalue weighted by molar-refractivity contribution is 0.212. The highest BCUT2D eigenvalue weighted by Gasteiger charge is 2.32. The van der Waals surface area contributed by atoms with Gasteiger partial charge in [-0.1, -0.05) is 0 Å². The average molecular weight is 243 g/mol. The molecule has 1 aliphatic rings. The predicted octanol–water partition coefficient (Wildman–Crippen LogP) is 0.664. The molecule has 0 aliphatic carbocycles. The van der Waals surface area contributed by atoms with Gasteiger partial charge in [0, 0.05) is 13.6 Å². The molecule has 7 heteroatoms. The van der Waals surface area contributed by atoms with Crippen molar-refractivity contribution in [3.05, 3.63) is 5.28 Å². The van der Waals surface area contributed by atoms with Crippen molar-refractivity contribution in [1.29, 1.82) is 0 Å². The van der Waals surface area contributed by atoms with Crippen molar-refractivity contribution in [3.63, 3.8) is 0 Å². The Morgan fingerprint density at radius 2 is 2.12 bits per heavy atom. The van der Waals surface area contributed by atoms with Gasteiger partial charge in [0.1, 0.15) is 0 Å². The maximum atomic E-state index is 5.84. The summed E-state index contributed by atoms with van der Waals surface area (Å²) in [6, 6.07) is 0. The molecule has 1 unspecified atom stereocenters. The molecule has 0 saturated carbocycles. The monoisotopic (exact) mass is 242 g/mol. The number of hydrogen-bond acceptors (Lipinski definition) is 6. The van der Waals surface area contributed by atoms with Gasteiger partial charge in [-0.25, -0.2) is 0 Å². The van der Waals surface area contributed by atoms with E-state index in [9.17, 15) is 0 Å². The normalized spacial score (nSPS) is 19.8. The number of halogens is 1. The van der Waals surface area contributed by atoms with E-state index in [4.69, 9.17) is 11.6 Å². The van der Waals surface area contributed by atoms with Crippen LogP contribution >= 0.6 is 11.6 Å². The highest BCUT2D eigenvalue weighted by atomic mass is 35.5. The summed E-state index contributed by atoms with van der Waals surface area (Å²) in [6.45, 7) is 0.951. The Hall–Kier alpha value is -1.14. The molecule has 0 radical (unpaired) electrons.